The van der Waals surface area contributed by atoms with Crippen LogP contribution < -0.4 is 0 Å². The van der Waals surface area contributed by atoms with E-state index in [9.17, 15) is 9.59 Å². The van der Waals surface area contributed by atoms with Crippen molar-refractivity contribution in [3.8, 4) is 0 Å². The lowest BCUT2D eigenvalue weighted by atomic mass is 9.98. The predicted octanol–water partition coefficient (Wildman–Crippen LogP) is 2.07. The summed E-state index contributed by atoms with van der Waals surface area (Å²) in [6, 6.07) is 0.647. The summed E-state index contributed by atoms with van der Waals surface area (Å²) in [4.78, 5) is 25.2. The monoisotopic (exact) mass is 273 g/mol. The molecule has 0 aromatic rings. The van der Waals surface area contributed by atoms with Crippen molar-refractivity contribution in [3.63, 3.8) is 0 Å². The molecule has 0 radical (unpaired) electrons. The first-order chi connectivity index (χ1) is 8.56. The third-order valence-corrected chi connectivity index (χ3v) is 4.12. The van der Waals surface area contributed by atoms with Crippen LogP contribution in [0.3, 0.4) is 0 Å². The molecule has 1 saturated heterocycles. The predicted molar refractivity (Wildman–Crippen MR) is 73.6 cm³/mol. The van der Waals surface area contributed by atoms with Crippen LogP contribution in [-0.4, -0.2) is 47.0 Å². The highest BCUT2D eigenvalue weighted by molar-refractivity contribution is 8.00. The molecule has 1 heterocycles. The minimum Gasteiger partial charge on any atom is -0.465 e. The molecule has 0 aromatic carbocycles. The van der Waals surface area contributed by atoms with E-state index in [4.69, 9.17) is 4.74 Å². The number of thioether (sulfide) groups is 1. The molecular weight excluding hydrogens is 250 g/mol. The maximum Gasteiger partial charge on any atom is 0.315 e. The van der Waals surface area contributed by atoms with Gasteiger partial charge in [-0.1, -0.05) is 0 Å². The summed E-state index contributed by atoms with van der Waals surface area (Å²) >= 11 is 1.34. The van der Waals surface area contributed by atoms with E-state index in [1.165, 1.54) is 18.2 Å². The fourth-order valence-corrected chi connectivity index (χ4v) is 3.09. The van der Waals surface area contributed by atoms with Crippen molar-refractivity contribution in [3.05, 3.63) is 0 Å². The Balaban J connectivity index is 2.33. The van der Waals surface area contributed by atoms with Crippen molar-refractivity contribution in [2.75, 3.05) is 18.1 Å². The van der Waals surface area contributed by atoms with Gasteiger partial charge in [0.15, 0.2) is 0 Å². The zero-order valence-corrected chi connectivity index (χ0v) is 12.3. The molecule has 5 heteroatoms. The van der Waals surface area contributed by atoms with Crippen molar-refractivity contribution >= 4 is 23.6 Å². The highest BCUT2D eigenvalue weighted by Crippen LogP contribution is 2.23. The number of hydrogen-bond acceptors (Lipinski definition) is 4. The average molecular weight is 273 g/mol. The van der Waals surface area contributed by atoms with Crippen LogP contribution in [0.2, 0.25) is 0 Å². The van der Waals surface area contributed by atoms with Gasteiger partial charge < -0.3 is 9.64 Å². The molecule has 0 saturated carbocycles. The quantitative estimate of drug-likeness (QED) is 0.719. The number of rotatable bonds is 5. The van der Waals surface area contributed by atoms with Gasteiger partial charge in [0.05, 0.1) is 18.1 Å². The largest absolute Gasteiger partial charge is 0.465 e. The number of carbonyl (C=O) groups is 2. The molecule has 0 bridgehead atoms. The van der Waals surface area contributed by atoms with Crippen LogP contribution in [0.1, 0.15) is 40.0 Å². The van der Waals surface area contributed by atoms with Crippen molar-refractivity contribution in [1.82, 2.24) is 4.90 Å². The Bertz CT molecular complexity index is 286. The topological polar surface area (TPSA) is 46.6 Å². The standard InChI is InChI=1S/C13H23NO3S/c1-4-17-13(16)9-18-8-12(15)14-10(2)6-5-7-11(14)3/h10-11H,4-9H2,1-3H3. The van der Waals surface area contributed by atoms with Crippen LogP contribution >= 0.6 is 11.8 Å². The third kappa shape index (κ3) is 4.52. The molecular formula is C13H23NO3S. The molecule has 104 valence electrons. The fourth-order valence-electron chi connectivity index (χ4n) is 2.41. The second-order valence-electron chi connectivity index (χ2n) is 4.73. The zero-order valence-electron chi connectivity index (χ0n) is 11.5. The summed E-state index contributed by atoms with van der Waals surface area (Å²) < 4.78 is 4.83. The fraction of sp³-hybridized carbons (Fsp3) is 0.846. The number of nitrogens with zero attached hydrogens (tertiary/aromatic N) is 1. The molecule has 0 N–H and O–H groups in total. The van der Waals surface area contributed by atoms with E-state index < -0.39 is 0 Å². The molecule has 18 heavy (non-hydrogen) atoms. The summed E-state index contributed by atoms with van der Waals surface area (Å²) in [6.45, 7) is 6.38. The molecule has 0 spiro atoms. The van der Waals surface area contributed by atoms with Crippen molar-refractivity contribution in [1.29, 1.82) is 0 Å². The summed E-state index contributed by atoms with van der Waals surface area (Å²) in [5.74, 6) is 0.531. The summed E-state index contributed by atoms with van der Waals surface area (Å²) in [7, 11) is 0. The lowest BCUT2D eigenvalue weighted by Crippen LogP contribution is -2.48. The molecule has 1 fully saturated rings. The lowest BCUT2D eigenvalue weighted by molar-refractivity contribution is -0.139. The molecule has 2 atom stereocenters. The first kappa shape index (κ1) is 15.3. The molecule has 0 aromatic heterocycles. The Labute approximate surface area is 113 Å². The highest BCUT2D eigenvalue weighted by atomic mass is 32.2. The van der Waals surface area contributed by atoms with Gasteiger partial charge in [-0.2, -0.15) is 0 Å². The number of esters is 1. The van der Waals surface area contributed by atoms with E-state index in [2.05, 4.69) is 13.8 Å². The lowest BCUT2D eigenvalue weighted by Gasteiger charge is -2.39. The Hall–Kier alpha value is -0.710. The zero-order chi connectivity index (χ0) is 13.5. The first-order valence-corrected chi connectivity index (χ1v) is 7.76. The SMILES string of the molecule is CCOC(=O)CSCC(=O)N1C(C)CCCC1C. The number of carbonyl (C=O) groups excluding carboxylic acids is 2. The van der Waals surface area contributed by atoms with Gasteiger partial charge in [-0.15, -0.1) is 11.8 Å². The van der Waals surface area contributed by atoms with Gasteiger partial charge in [0.1, 0.15) is 0 Å². The second-order valence-corrected chi connectivity index (χ2v) is 5.71. The van der Waals surface area contributed by atoms with E-state index in [1.807, 2.05) is 4.90 Å². The van der Waals surface area contributed by atoms with Crippen molar-refractivity contribution in [2.45, 2.75) is 52.1 Å². The van der Waals surface area contributed by atoms with Crippen molar-refractivity contribution < 1.29 is 14.3 Å². The number of piperidine rings is 1. The third-order valence-electron chi connectivity index (χ3n) is 3.23. The molecule has 1 amide bonds. The number of amides is 1. The Morgan fingerprint density at radius 2 is 1.83 bits per heavy atom. The van der Waals surface area contributed by atoms with Gasteiger partial charge in [0, 0.05) is 12.1 Å². The second kappa shape index (κ2) is 7.67. The highest BCUT2D eigenvalue weighted by Gasteiger charge is 2.28. The Morgan fingerprint density at radius 1 is 1.22 bits per heavy atom. The van der Waals surface area contributed by atoms with Gasteiger partial charge in [-0.05, 0) is 40.0 Å². The molecule has 1 aliphatic heterocycles. The molecule has 0 aliphatic carbocycles. The van der Waals surface area contributed by atoms with Gasteiger partial charge in [0.25, 0.3) is 0 Å². The summed E-state index contributed by atoms with van der Waals surface area (Å²) in [5, 5.41) is 0. The van der Waals surface area contributed by atoms with Crippen LogP contribution in [0.5, 0.6) is 0 Å². The van der Waals surface area contributed by atoms with E-state index in [0.29, 0.717) is 24.4 Å². The van der Waals surface area contributed by atoms with Gasteiger partial charge in [-0.3, -0.25) is 9.59 Å². The minimum absolute atomic E-state index is 0.143. The normalized spacial score (nSPS) is 23.8. The summed E-state index contributed by atoms with van der Waals surface area (Å²) in [5.41, 5.74) is 0. The first-order valence-electron chi connectivity index (χ1n) is 6.60. The maximum atomic E-state index is 12.1. The van der Waals surface area contributed by atoms with Gasteiger partial charge in [-0.25, -0.2) is 0 Å². The van der Waals surface area contributed by atoms with E-state index in [0.717, 1.165) is 12.8 Å². The van der Waals surface area contributed by atoms with Gasteiger partial charge in [0.2, 0.25) is 5.91 Å². The van der Waals surface area contributed by atoms with E-state index >= 15 is 0 Å². The Morgan fingerprint density at radius 3 is 2.39 bits per heavy atom. The van der Waals surface area contributed by atoms with Crippen LogP contribution in [0.15, 0.2) is 0 Å². The van der Waals surface area contributed by atoms with Crippen LogP contribution in [0.4, 0.5) is 0 Å². The number of hydrogen-bond donors (Lipinski definition) is 0. The molecule has 2 unspecified atom stereocenters. The molecule has 1 rings (SSSR count). The van der Waals surface area contributed by atoms with Crippen LogP contribution in [-0.2, 0) is 14.3 Å². The van der Waals surface area contributed by atoms with Gasteiger partial charge >= 0.3 is 5.97 Å². The minimum atomic E-state index is -0.241. The molecule has 1 aliphatic rings. The molecule has 4 nitrogen and oxygen atoms in total. The average Bonchev–Trinajstić information content (AvgIpc) is 2.29. The smallest absolute Gasteiger partial charge is 0.315 e. The van der Waals surface area contributed by atoms with E-state index in [1.54, 1.807) is 6.92 Å². The van der Waals surface area contributed by atoms with Crippen LogP contribution in [0.25, 0.3) is 0 Å². The summed E-state index contributed by atoms with van der Waals surface area (Å²) in [6.07, 6.45) is 3.36. The van der Waals surface area contributed by atoms with Crippen molar-refractivity contribution in [2.24, 2.45) is 0 Å². The van der Waals surface area contributed by atoms with E-state index in [-0.39, 0.29) is 17.6 Å². The Kier molecular flexibility index (Phi) is 6.54. The maximum absolute atomic E-state index is 12.1. The number of ether oxygens (including phenoxy) is 1. The number of likely N-dealkylation sites (tertiary alicyclic amines) is 1. The van der Waals surface area contributed by atoms with Crippen LogP contribution in [0, 0.1) is 0 Å².